The van der Waals surface area contributed by atoms with E-state index >= 15 is 0 Å². The minimum absolute atomic E-state index is 0.0135. The lowest BCUT2D eigenvalue weighted by Crippen LogP contribution is -2.45. The van der Waals surface area contributed by atoms with Crippen LogP contribution >= 0.6 is 0 Å². The van der Waals surface area contributed by atoms with Crippen molar-refractivity contribution in [2.24, 2.45) is 0 Å². The second kappa shape index (κ2) is 50.2. The lowest BCUT2D eigenvalue weighted by atomic mass is 10.0. The molecule has 2 atom stereocenters. The van der Waals surface area contributed by atoms with E-state index in [1.54, 1.807) is 0 Å². The van der Waals surface area contributed by atoms with E-state index in [1.807, 2.05) is 0 Å². The van der Waals surface area contributed by atoms with Crippen molar-refractivity contribution >= 4 is 11.9 Å². The van der Waals surface area contributed by atoms with Gasteiger partial charge in [-0.15, -0.1) is 0 Å². The maximum atomic E-state index is 12.5. The fraction of sp³-hybridized carbons (Fsp3) is 0.926. The molecule has 1 amide bonds. The predicted molar refractivity (Wildman–Crippen MR) is 260 cm³/mol. The highest BCUT2D eigenvalue weighted by Gasteiger charge is 2.20. The molecule has 0 spiro atoms. The maximum absolute atomic E-state index is 12.5. The average molecular weight is 848 g/mol. The number of hydrogen-bond donors (Lipinski definition) is 3. The third-order valence-electron chi connectivity index (χ3n) is 12.6. The lowest BCUT2D eigenvalue weighted by molar-refractivity contribution is -0.143. The molecule has 0 aliphatic rings. The molecule has 0 heterocycles. The van der Waals surface area contributed by atoms with E-state index in [2.05, 4.69) is 31.3 Å². The van der Waals surface area contributed by atoms with Crippen LogP contribution in [0.5, 0.6) is 0 Å². The van der Waals surface area contributed by atoms with Crippen molar-refractivity contribution in [2.45, 2.75) is 309 Å². The summed E-state index contributed by atoms with van der Waals surface area (Å²) in [6.45, 7) is 4.92. The van der Waals surface area contributed by atoms with Crippen molar-refractivity contribution in [1.82, 2.24) is 5.32 Å². The summed E-state index contributed by atoms with van der Waals surface area (Å²) < 4.78 is 5.46. The molecule has 6 nitrogen and oxygen atoms in total. The van der Waals surface area contributed by atoms with Crippen molar-refractivity contribution < 1.29 is 24.5 Å². The van der Waals surface area contributed by atoms with Gasteiger partial charge < -0.3 is 20.3 Å². The van der Waals surface area contributed by atoms with Crippen LogP contribution in [0.25, 0.3) is 0 Å². The minimum Gasteiger partial charge on any atom is -0.466 e. The molecule has 0 aromatic heterocycles. The molecule has 2 unspecified atom stereocenters. The summed E-state index contributed by atoms with van der Waals surface area (Å²) in [4.78, 5) is 24.5. The molecule has 3 N–H and O–H groups in total. The van der Waals surface area contributed by atoms with Crippen LogP contribution in [0.15, 0.2) is 12.2 Å². The summed E-state index contributed by atoms with van der Waals surface area (Å²) in [5.41, 5.74) is 0. The molecule has 6 heteroatoms. The fourth-order valence-corrected chi connectivity index (χ4v) is 8.40. The summed E-state index contributed by atoms with van der Waals surface area (Å²) in [7, 11) is 0. The SMILES string of the molecule is CCCCCCC/C=C\CCCCCCCC(=O)OCCCCCCCCCCCCCCCC(=O)NC(CO)C(O)CCCCCCCCCCCCCCCCCC. The van der Waals surface area contributed by atoms with Crippen molar-refractivity contribution in [3.05, 3.63) is 12.2 Å². The molecule has 0 rings (SSSR count). The van der Waals surface area contributed by atoms with Gasteiger partial charge in [0.05, 0.1) is 25.4 Å². The molecule has 60 heavy (non-hydrogen) atoms. The Balaban J connectivity index is 3.45. The largest absolute Gasteiger partial charge is 0.466 e. The number of carbonyl (C=O) groups is 2. The number of allylic oxidation sites excluding steroid dienone is 2. The Labute approximate surface area is 374 Å². The van der Waals surface area contributed by atoms with Gasteiger partial charge in [-0.05, 0) is 51.4 Å². The fourth-order valence-electron chi connectivity index (χ4n) is 8.40. The maximum Gasteiger partial charge on any atom is 0.305 e. The normalized spacial score (nSPS) is 12.7. The molecule has 0 aliphatic carbocycles. The quantitative estimate of drug-likeness (QED) is 0.0322. The molecule has 0 aromatic carbocycles. The smallest absolute Gasteiger partial charge is 0.305 e. The average Bonchev–Trinajstić information content (AvgIpc) is 3.25. The molecular formula is C54H105NO5. The van der Waals surface area contributed by atoms with E-state index in [0.717, 1.165) is 51.4 Å². The molecule has 356 valence electrons. The Morgan fingerprint density at radius 2 is 0.783 bits per heavy atom. The van der Waals surface area contributed by atoms with Gasteiger partial charge in [0.1, 0.15) is 0 Å². The van der Waals surface area contributed by atoms with Gasteiger partial charge in [0.15, 0.2) is 0 Å². The second-order valence-corrected chi connectivity index (χ2v) is 18.6. The lowest BCUT2D eigenvalue weighted by Gasteiger charge is -2.22. The van der Waals surface area contributed by atoms with Crippen molar-refractivity contribution in [1.29, 1.82) is 0 Å². The monoisotopic (exact) mass is 848 g/mol. The first-order valence-electron chi connectivity index (χ1n) is 26.9. The number of ether oxygens (including phenoxy) is 1. The van der Waals surface area contributed by atoms with E-state index in [-0.39, 0.29) is 18.5 Å². The van der Waals surface area contributed by atoms with E-state index < -0.39 is 12.1 Å². The Bertz CT molecular complexity index is 893. The van der Waals surface area contributed by atoms with Crippen LogP contribution in [0, 0.1) is 0 Å². The summed E-state index contributed by atoms with van der Waals surface area (Å²) in [6, 6.07) is -0.550. The predicted octanol–water partition coefficient (Wildman–Crippen LogP) is 16.1. The number of amides is 1. The molecular weight excluding hydrogens is 743 g/mol. The van der Waals surface area contributed by atoms with Crippen LogP contribution in [-0.4, -0.2) is 47.4 Å². The highest BCUT2D eigenvalue weighted by atomic mass is 16.5. The minimum atomic E-state index is -0.672. The van der Waals surface area contributed by atoms with Crippen LogP contribution in [0.4, 0.5) is 0 Å². The third-order valence-corrected chi connectivity index (χ3v) is 12.6. The molecule has 0 saturated carbocycles. The first-order chi connectivity index (χ1) is 29.5. The Hall–Kier alpha value is -1.40. The Morgan fingerprint density at radius 1 is 0.450 bits per heavy atom. The summed E-state index contributed by atoms with van der Waals surface area (Å²) in [5.74, 6) is -0.0598. The number of unbranched alkanes of at least 4 members (excludes halogenated alkanes) is 37. The number of aliphatic hydroxyl groups excluding tert-OH is 2. The van der Waals surface area contributed by atoms with Crippen molar-refractivity contribution in [3.63, 3.8) is 0 Å². The molecule has 0 fully saturated rings. The van der Waals surface area contributed by atoms with Crippen LogP contribution in [0.3, 0.4) is 0 Å². The number of esters is 1. The zero-order valence-electron chi connectivity index (χ0n) is 40.5. The zero-order valence-corrected chi connectivity index (χ0v) is 40.5. The van der Waals surface area contributed by atoms with Crippen LogP contribution < -0.4 is 5.32 Å². The van der Waals surface area contributed by atoms with Gasteiger partial charge in [-0.3, -0.25) is 9.59 Å². The van der Waals surface area contributed by atoms with Crippen LogP contribution in [-0.2, 0) is 14.3 Å². The van der Waals surface area contributed by atoms with E-state index in [0.29, 0.717) is 25.9 Å². The van der Waals surface area contributed by atoms with Gasteiger partial charge in [0.25, 0.3) is 0 Å². The summed E-state index contributed by atoms with van der Waals surface area (Å²) in [6.07, 6.45) is 57.5. The Kier molecular flexibility index (Phi) is 49.1. The van der Waals surface area contributed by atoms with E-state index in [4.69, 9.17) is 4.74 Å². The number of aliphatic hydroxyl groups is 2. The van der Waals surface area contributed by atoms with Crippen molar-refractivity contribution in [3.8, 4) is 0 Å². The summed E-state index contributed by atoms with van der Waals surface area (Å²) in [5, 5.41) is 23.3. The second-order valence-electron chi connectivity index (χ2n) is 18.6. The molecule has 0 radical (unpaired) electrons. The van der Waals surface area contributed by atoms with E-state index in [9.17, 15) is 19.8 Å². The number of carbonyl (C=O) groups excluding carboxylic acids is 2. The third kappa shape index (κ3) is 46.1. The number of nitrogens with one attached hydrogen (secondary N) is 1. The van der Waals surface area contributed by atoms with Gasteiger partial charge in [0.2, 0.25) is 5.91 Å². The zero-order chi connectivity index (χ0) is 43.7. The van der Waals surface area contributed by atoms with Gasteiger partial charge in [-0.1, -0.05) is 244 Å². The highest BCUT2D eigenvalue weighted by molar-refractivity contribution is 5.76. The molecule has 0 bridgehead atoms. The van der Waals surface area contributed by atoms with Gasteiger partial charge in [-0.25, -0.2) is 0 Å². The highest BCUT2D eigenvalue weighted by Crippen LogP contribution is 2.17. The topological polar surface area (TPSA) is 95.9 Å². The molecule has 0 saturated heterocycles. The van der Waals surface area contributed by atoms with E-state index in [1.165, 1.54) is 212 Å². The van der Waals surface area contributed by atoms with Crippen molar-refractivity contribution in [2.75, 3.05) is 13.2 Å². The van der Waals surface area contributed by atoms with Crippen LogP contribution in [0.1, 0.15) is 296 Å². The number of hydrogen-bond acceptors (Lipinski definition) is 5. The standard InChI is InChI=1S/C54H105NO5/c1-3-5-7-9-11-13-15-17-19-20-22-26-30-34-38-42-46-52(57)51(50-56)55-53(58)47-43-39-35-31-27-23-21-25-29-33-37-41-45-49-60-54(59)48-44-40-36-32-28-24-18-16-14-12-10-8-6-4-2/h16,18,51-52,56-57H,3-15,17,19-50H2,1-2H3,(H,55,58)/b18-16-. The number of rotatable bonds is 50. The summed E-state index contributed by atoms with van der Waals surface area (Å²) >= 11 is 0. The first kappa shape index (κ1) is 58.6. The van der Waals surface area contributed by atoms with Gasteiger partial charge in [-0.2, -0.15) is 0 Å². The van der Waals surface area contributed by atoms with Gasteiger partial charge in [0, 0.05) is 12.8 Å². The van der Waals surface area contributed by atoms with Crippen LogP contribution in [0.2, 0.25) is 0 Å². The molecule has 0 aromatic rings. The first-order valence-corrected chi connectivity index (χ1v) is 26.9. The Morgan fingerprint density at radius 3 is 1.18 bits per heavy atom. The van der Waals surface area contributed by atoms with Gasteiger partial charge >= 0.3 is 5.97 Å². The molecule has 0 aliphatic heterocycles.